The zero-order chi connectivity index (χ0) is 31.9. The fourth-order valence-electron chi connectivity index (χ4n) is 4.50. The van der Waals surface area contributed by atoms with Gasteiger partial charge >= 0.3 is 6.01 Å². The van der Waals surface area contributed by atoms with Crippen molar-refractivity contribution in [3.63, 3.8) is 0 Å². The van der Waals surface area contributed by atoms with Gasteiger partial charge in [0, 0.05) is 61.5 Å². The lowest BCUT2D eigenvalue weighted by atomic mass is 10.0. The molecule has 2 heterocycles. The van der Waals surface area contributed by atoms with E-state index in [9.17, 15) is 22.8 Å². The van der Waals surface area contributed by atoms with Crippen molar-refractivity contribution in [3.8, 4) is 17.1 Å². The zero-order valence-corrected chi connectivity index (χ0v) is 25.2. The number of hydrogen-bond acceptors (Lipinski definition) is 7. The summed E-state index contributed by atoms with van der Waals surface area (Å²) in [5.74, 6) is -1.49. The molecular weight excluding hydrogens is 603 g/mol. The summed E-state index contributed by atoms with van der Waals surface area (Å²) < 4.78 is 47.5. The number of thioether (sulfide) groups is 1. The molecular formula is C33H28F3N5O3S. The minimum atomic E-state index is -0.656. The molecule has 0 atom stereocenters. The second kappa shape index (κ2) is 14.2. The Labute approximate surface area is 261 Å². The van der Waals surface area contributed by atoms with Gasteiger partial charge in [-0.3, -0.25) is 9.59 Å². The van der Waals surface area contributed by atoms with Crippen molar-refractivity contribution >= 4 is 17.7 Å². The molecule has 45 heavy (non-hydrogen) atoms. The maximum absolute atomic E-state index is 14.2. The standard InChI is InChI=1S/C33H28F3N5O3S/c1-40(17-21-3-7-24(8-4-21)28-12-11-27(35)14-29(28)36)30(42)19-41-18-25(13-23-15-37-32(44-2)38-16-23)31(43)39-33(41)45-20-22-5-9-26(34)10-6-22/h3-12,14-16,18H,13,17,19-20H2,1-2H3. The van der Waals surface area contributed by atoms with E-state index >= 15 is 0 Å². The predicted molar refractivity (Wildman–Crippen MR) is 164 cm³/mol. The number of amides is 1. The van der Waals surface area contributed by atoms with E-state index in [4.69, 9.17) is 4.74 Å². The van der Waals surface area contributed by atoms with Gasteiger partial charge in [0.05, 0.1) is 7.11 Å². The van der Waals surface area contributed by atoms with Crippen molar-refractivity contribution in [1.29, 1.82) is 0 Å². The molecule has 230 valence electrons. The first kappa shape index (κ1) is 31.5. The van der Waals surface area contributed by atoms with Gasteiger partial charge in [0.2, 0.25) is 5.91 Å². The van der Waals surface area contributed by atoms with Crippen molar-refractivity contribution in [1.82, 2.24) is 24.4 Å². The SMILES string of the molecule is COc1ncc(Cc2cn(CC(=O)N(C)Cc3ccc(-c4ccc(F)cc4F)cc3)c(SCc3ccc(F)cc3)nc2=O)cn1. The van der Waals surface area contributed by atoms with Crippen LogP contribution in [0.25, 0.3) is 11.1 Å². The van der Waals surface area contributed by atoms with Gasteiger partial charge in [-0.2, -0.15) is 4.98 Å². The smallest absolute Gasteiger partial charge is 0.316 e. The molecule has 0 unspecified atom stereocenters. The van der Waals surface area contributed by atoms with Gasteiger partial charge < -0.3 is 14.2 Å². The van der Waals surface area contributed by atoms with E-state index in [0.717, 1.165) is 17.2 Å². The third-order valence-electron chi connectivity index (χ3n) is 6.92. The molecule has 5 rings (SSSR count). The molecule has 12 heteroatoms. The maximum atomic E-state index is 14.2. The van der Waals surface area contributed by atoms with Gasteiger partial charge in [-0.25, -0.2) is 23.1 Å². The minimum absolute atomic E-state index is 0.0967. The molecule has 3 aromatic carbocycles. The highest BCUT2D eigenvalue weighted by Crippen LogP contribution is 2.25. The summed E-state index contributed by atoms with van der Waals surface area (Å²) in [4.78, 5) is 40.4. The number of rotatable bonds is 11. The molecule has 0 saturated heterocycles. The lowest BCUT2D eigenvalue weighted by Crippen LogP contribution is -2.31. The number of methoxy groups -OCH3 is 1. The first-order valence-corrected chi connectivity index (χ1v) is 14.8. The summed E-state index contributed by atoms with van der Waals surface area (Å²) in [5, 5.41) is 0.339. The Morgan fingerprint density at radius 2 is 1.58 bits per heavy atom. The number of ether oxygens (including phenoxy) is 1. The van der Waals surface area contributed by atoms with Crippen LogP contribution in [0.15, 0.2) is 95.3 Å². The number of carbonyl (C=O) groups excluding carboxylic acids is 1. The Hall–Kier alpha value is -4.97. The summed E-state index contributed by atoms with van der Waals surface area (Å²) in [6, 6.07) is 16.6. The van der Waals surface area contributed by atoms with E-state index < -0.39 is 17.2 Å². The topological polar surface area (TPSA) is 90.2 Å². The second-order valence-corrected chi connectivity index (χ2v) is 11.2. The fourth-order valence-corrected chi connectivity index (χ4v) is 5.42. The molecule has 0 aliphatic heterocycles. The van der Waals surface area contributed by atoms with Crippen LogP contribution < -0.4 is 10.3 Å². The molecule has 8 nitrogen and oxygen atoms in total. The first-order valence-electron chi connectivity index (χ1n) is 13.8. The minimum Gasteiger partial charge on any atom is -0.467 e. The van der Waals surface area contributed by atoms with Gasteiger partial charge in [0.1, 0.15) is 24.0 Å². The predicted octanol–water partition coefficient (Wildman–Crippen LogP) is 5.67. The molecule has 0 saturated carbocycles. The Morgan fingerprint density at radius 3 is 2.24 bits per heavy atom. The van der Waals surface area contributed by atoms with Gasteiger partial charge in [-0.05, 0) is 46.5 Å². The monoisotopic (exact) mass is 631 g/mol. The van der Waals surface area contributed by atoms with E-state index in [1.807, 2.05) is 0 Å². The van der Waals surface area contributed by atoms with Crippen LogP contribution in [0.1, 0.15) is 22.3 Å². The fraction of sp³-hybridized carbons (Fsp3) is 0.182. The van der Waals surface area contributed by atoms with Gasteiger partial charge in [-0.15, -0.1) is 0 Å². The molecule has 0 N–H and O–H groups in total. The van der Waals surface area contributed by atoms with E-state index in [1.165, 1.54) is 48.0 Å². The molecule has 0 aliphatic carbocycles. The molecule has 1 amide bonds. The summed E-state index contributed by atoms with van der Waals surface area (Å²) in [5.41, 5.74) is 3.08. The lowest BCUT2D eigenvalue weighted by Gasteiger charge is -2.20. The molecule has 0 aliphatic rings. The third-order valence-corrected chi connectivity index (χ3v) is 7.98. The average molecular weight is 632 g/mol. The summed E-state index contributed by atoms with van der Waals surface area (Å²) >= 11 is 1.26. The average Bonchev–Trinajstić information content (AvgIpc) is 3.03. The number of aromatic nitrogens is 4. The van der Waals surface area contributed by atoms with Crippen LogP contribution in [-0.2, 0) is 30.1 Å². The highest BCUT2D eigenvalue weighted by Gasteiger charge is 2.17. The van der Waals surface area contributed by atoms with Crippen LogP contribution in [0.2, 0.25) is 0 Å². The van der Waals surface area contributed by atoms with Gasteiger partial charge in [-0.1, -0.05) is 48.2 Å². The molecule has 0 spiro atoms. The van der Waals surface area contributed by atoms with E-state index in [0.29, 0.717) is 27.6 Å². The van der Waals surface area contributed by atoms with Crippen LogP contribution in [0.3, 0.4) is 0 Å². The molecule has 2 aromatic heterocycles. The van der Waals surface area contributed by atoms with Gasteiger partial charge in [0.15, 0.2) is 5.16 Å². The van der Waals surface area contributed by atoms with Crippen molar-refractivity contribution < 1.29 is 22.7 Å². The zero-order valence-electron chi connectivity index (χ0n) is 24.4. The molecule has 0 fully saturated rings. The summed E-state index contributed by atoms with van der Waals surface area (Å²) in [6.45, 7) is 0.174. The number of benzene rings is 3. The number of hydrogen-bond donors (Lipinski definition) is 0. The van der Waals surface area contributed by atoms with Crippen LogP contribution >= 0.6 is 11.8 Å². The van der Waals surface area contributed by atoms with E-state index in [2.05, 4.69) is 15.0 Å². The van der Waals surface area contributed by atoms with Crippen LogP contribution in [0, 0.1) is 17.5 Å². The normalized spacial score (nSPS) is 11.0. The quantitative estimate of drug-likeness (QED) is 0.137. The van der Waals surface area contributed by atoms with Crippen molar-refractivity contribution in [3.05, 3.63) is 135 Å². The van der Waals surface area contributed by atoms with Crippen molar-refractivity contribution in [2.45, 2.75) is 30.4 Å². The second-order valence-electron chi connectivity index (χ2n) is 10.2. The number of halogens is 3. The Bertz CT molecular complexity index is 1850. The largest absolute Gasteiger partial charge is 0.467 e. The summed E-state index contributed by atoms with van der Waals surface area (Å²) in [7, 11) is 3.12. The molecule has 0 bridgehead atoms. The number of carbonyl (C=O) groups is 1. The Morgan fingerprint density at radius 1 is 0.911 bits per heavy atom. The van der Waals surface area contributed by atoms with Crippen LogP contribution in [-0.4, -0.2) is 44.5 Å². The maximum Gasteiger partial charge on any atom is 0.316 e. The third kappa shape index (κ3) is 8.15. The van der Waals surface area contributed by atoms with Crippen molar-refractivity contribution in [2.75, 3.05) is 14.2 Å². The number of nitrogens with zero attached hydrogens (tertiary/aromatic N) is 5. The Balaban J connectivity index is 1.34. The van der Waals surface area contributed by atoms with E-state index in [-0.39, 0.29) is 42.8 Å². The van der Waals surface area contributed by atoms with E-state index in [1.54, 1.807) is 66.6 Å². The summed E-state index contributed by atoms with van der Waals surface area (Å²) in [6.07, 6.45) is 4.93. The molecule has 5 aromatic rings. The van der Waals surface area contributed by atoms with Crippen LogP contribution in [0.4, 0.5) is 13.2 Å². The van der Waals surface area contributed by atoms with Crippen LogP contribution in [0.5, 0.6) is 6.01 Å². The van der Waals surface area contributed by atoms with Gasteiger partial charge in [0.25, 0.3) is 5.56 Å². The highest BCUT2D eigenvalue weighted by molar-refractivity contribution is 7.98. The number of likely N-dealkylation sites (N-methyl/N-ethyl adjacent to an activating group) is 1. The first-order chi connectivity index (χ1) is 21.7. The lowest BCUT2D eigenvalue weighted by molar-refractivity contribution is -0.131. The Kier molecular flexibility index (Phi) is 9.93. The van der Waals surface area contributed by atoms with Crippen molar-refractivity contribution in [2.24, 2.45) is 0 Å². The highest BCUT2D eigenvalue weighted by atomic mass is 32.2. The molecule has 0 radical (unpaired) electrons.